The fourth-order valence-electron chi connectivity index (χ4n) is 2.99. The van der Waals surface area contributed by atoms with Crippen molar-refractivity contribution in [3.63, 3.8) is 0 Å². The van der Waals surface area contributed by atoms with Crippen LogP contribution in [0.25, 0.3) is 0 Å². The number of benzene rings is 2. The number of hydrogen-bond donors (Lipinski definition) is 3. The Kier molecular flexibility index (Phi) is 7.79. The SMILES string of the molecule is Cl.O=C(NCCC1CCNC1)c1ccc(S(=O)(=O)Nc2ccccc2F)cc1. The Balaban J connectivity index is 0.00000280. The molecule has 3 N–H and O–H groups in total. The van der Waals surface area contributed by atoms with E-state index in [1.54, 1.807) is 0 Å². The van der Waals surface area contributed by atoms with Gasteiger partial charge >= 0.3 is 0 Å². The average molecular weight is 428 g/mol. The summed E-state index contributed by atoms with van der Waals surface area (Å²) >= 11 is 0. The summed E-state index contributed by atoms with van der Waals surface area (Å²) in [5.41, 5.74) is 0.255. The van der Waals surface area contributed by atoms with E-state index in [1.165, 1.54) is 48.5 Å². The average Bonchev–Trinajstić information content (AvgIpc) is 3.17. The monoisotopic (exact) mass is 427 g/mol. The lowest BCUT2D eigenvalue weighted by Gasteiger charge is -2.11. The highest BCUT2D eigenvalue weighted by Gasteiger charge is 2.17. The summed E-state index contributed by atoms with van der Waals surface area (Å²) < 4.78 is 40.6. The number of sulfonamides is 1. The number of rotatable bonds is 7. The summed E-state index contributed by atoms with van der Waals surface area (Å²) in [6, 6.07) is 11.1. The molecule has 1 atom stereocenters. The van der Waals surface area contributed by atoms with Gasteiger partial charge in [-0.2, -0.15) is 0 Å². The maximum atomic E-state index is 13.7. The van der Waals surface area contributed by atoms with Gasteiger partial charge in [0.2, 0.25) is 0 Å². The summed E-state index contributed by atoms with van der Waals surface area (Å²) in [6.45, 7) is 2.59. The van der Waals surface area contributed by atoms with E-state index in [0.717, 1.165) is 25.9 Å². The number of amides is 1. The van der Waals surface area contributed by atoms with Gasteiger partial charge in [-0.3, -0.25) is 9.52 Å². The fourth-order valence-corrected chi connectivity index (χ4v) is 4.05. The molecule has 1 aliphatic rings. The molecule has 1 fully saturated rings. The van der Waals surface area contributed by atoms with Gasteiger partial charge in [0.15, 0.2) is 0 Å². The first-order chi connectivity index (χ1) is 13.0. The first-order valence-corrected chi connectivity index (χ1v) is 10.3. The Morgan fingerprint density at radius 1 is 1.14 bits per heavy atom. The fraction of sp³-hybridized carbons (Fsp3) is 0.316. The Morgan fingerprint density at radius 3 is 2.50 bits per heavy atom. The van der Waals surface area contributed by atoms with Crippen molar-refractivity contribution in [2.75, 3.05) is 24.4 Å². The predicted molar refractivity (Wildman–Crippen MR) is 109 cm³/mol. The number of carbonyl (C=O) groups is 1. The van der Waals surface area contributed by atoms with E-state index >= 15 is 0 Å². The van der Waals surface area contributed by atoms with Crippen LogP contribution >= 0.6 is 12.4 Å². The number of carbonyl (C=O) groups excluding carboxylic acids is 1. The van der Waals surface area contributed by atoms with Crippen molar-refractivity contribution in [3.05, 3.63) is 59.9 Å². The van der Waals surface area contributed by atoms with Gasteiger partial charge in [-0.1, -0.05) is 12.1 Å². The molecule has 3 rings (SSSR count). The van der Waals surface area contributed by atoms with Crippen LogP contribution in [0.5, 0.6) is 0 Å². The van der Waals surface area contributed by atoms with E-state index in [4.69, 9.17) is 0 Å². The normalized spacial score (nSPS) is 16.2. The quantitative estimate of drug-likeness (QED) is 0.634. The second kappa shape index (κ2) is 9.86. The number of halogens is 2. The molecule has 6 nitrogen and oxygen atoms in total. The summed E-state index contributed by atoms with van der Waals surface area (Å²) in [6.07, 6.45) is 2.04. The molecule has 0 aromatic heterocycles. The van der Waals surface area contributed by atoms with Crippen LogP contribution in [-0.2, 0) is 10.0 Å². The molecular weight excluding hydrogens is 405 g/mol. The Morgan fingerprint density at radius 2 is 1.86 bits per heavy atom. The zero-order chi connectivity index (χ0) is 19.3. The van der Waals surface area contributed by atoms with Crippen LogP contribution in [-0.4, -0.2) is 34.0 Å². The Labute approximate surface area is 170 Å². The Bertz CT molecular complexity index is 901. The van der Waals surface area contributed by atoms with Crippen LogP contribution in [0.3, 0.4) is 0 Å². The first-order valence-electron chi connectivity index (χ1n) is 8.82. The topological polar surface area (TPSA) is 87.3 Å². The molecule has 1 unspecified atom stereocenters. The smallest absolute Gasteiger partial charge is 0.261 e. The molecule has 152 valence electrons. The van der Waals surface area contributed by atoms with Gasteiger partial charge in [-0.05, 0) is 68.2 Å². The number of nitrogens with one attached hydrogen (secondary N) is 3. The summed E-state index contributed by atoms with van der Waals surface area (Å²) in [4.78, 5) is 12.1. The standard InChI is InChI=1S/C19H22FN3O3S.ClH/c20-17-3-1-2-4-18(17)23-27(25,26)16-7-5-15(6-8-16)19(24)22-12-10-14-9-11-21-13-14;/h1-8,14,21,23H,9-13H2,(H,22,24);1H. The molecule has 2 aromatic carbocycles. The summed E-state index contributed by atoms with van der Waals surface area (Å²) in [5.74, 6) is -0.316. The number of hydrogen-bond acceptors (Lipinski definition) is 4. The largest absolute Gasteiger partial charge is 0.352 e. The van der Waals surface area contributed by atoms with E-state index in [0.29, 0.717) is 18.0 Å². The minimum Gasteiger partial charge on any atom is -0.352 e. The molecule has 1 saturated heterocycles. The van der Waals surface area contributed by atoms with Crippen LogP contribution in [0, 0.1) is 11.7 Å². The van der Waals surface area contributed by atoms with Crippen molar-refractivity contribution in [1.29, 1.82) is 0 Å². The van der Waals surface area contributed by atoms with Crippen molar-refractivity contribution in [2.24, 2.45) is 5.92 Å². The lowest BCUT2D eigenvalue weighted by Crippen LogP contribution is -2.26. The zero-order valence-corrected chi connectivity index (χ0v) is 16.8. The second-order valence-electron chi connectivity index (χ2n) is 6.51. The number of anilines is 1. The van der Waals surface area contributed by atoms with Crippen molar-refractivity contribution in [2.45, 2.75) is 17.7 Å². The van der Waals surface area contributed by atoms with E-state index < -0.39 is 15.8 Å². The third kappa shape index (κ3) is 5.67. The molecule has 1 heterocycles. The molecule has 0 bridgehead atoms. The molecule has 9 heteroatoms. The highest BCUT2D eigenvalue weighted by atomic mass is 35.5. The number of para-hydroxylation sites is 1. The molecular formula is C19H23ClFN3O3S. The first kappa shape index (κ1) is 22.1. The van der Waals surface area contributed by atoms with Gasteiger partial charge in [0, 0.05) is 12.1 Å². The van der Waals surface area contributed by atoms with E-state index in [1.807, 2.05) is 0 Å². The third-order valence-electron chi connectivity index (χ3n) is 4.55. The van der Waals surface area contributed by atoms with Gasteiger partial charge in [0.1, 0.15) is 5.82 Å². The Hall–Kier alpha value is -2.16. The van der Waals surface area contributed by atoms with Crippen LogP contribution in [0.1, 0.15) is 23.2 Å². The van der Waals surface area contributed by atoms with Crippen molar-refractivity contribution < 1.29 is 17.6 Å². The minimum atomic E-state index is -3.93. The molecule has 0 radical (unpaired) electrons. The van der Waals surface area contributed by atoms with Crippen LogP contribution in [0.15, 0.2) is 53.4 Å². The highest BCUT2D eigenvalue weighted by molar-refractivity contribution is 7.92. The van der Waals surface area contributed by atoms with Gasteiger partial charge in [-0.25, -0.2) is 12.8 Å². The van der Waals surface area contributed by atoms with Crippen molar-refractivity contribution in [1.82, 2.24) is 10.6 Å². The van der Waals surface area contributed by atoms with Crippen LogP contribution < -0.4 is 15.4 Å². The second-order valence-corrected chi connectivity index (χ2v) is 8.20. The van der Waals surface area contributed by atoms with Gasteiger partial charge in [0.05, 0.1) is 10.6 Å². The lowest BCUT2D eigenvalue weighted by atomic mass is 10.1. The van der Waals surface area contributed by atoms with Crippen LogP contribution in [0.2, 0.25) is 0 Å². The van der Waals surface area contributed by atoms with E-state index in [-0.39, 0.29) is 28.9 Å². The van der Waals surface area contributed by atoms with E-state index in [2.05, 4.69) is 15.4 Å². The van der Waals surface area contributed by atoms with Gasteiger partial charge < -0.3 is 10.6 Å². The summed E-state index contributed by atoms with van der Waals surface area (Å²) in [5, 5.41) is 6.13. The summed E-state index contributed by atoms with van der Waals surface area (Å²) in [7, 11) is -3.93. The van der Waals surface area contributed by atoms with Gasteiger partial charge in [0.25, 0.3) is 15.9 Å². The lowest BCUT2D eigenvalue weighted by molar-refractivity contribution is 0.0951. The maximum Gasteiger partial charge on any atom is 0.261 e. The predicted octanol–water partition coefficient (Wildman–Crippen LogP) is 2.78. The molecule has 0 spiro atoms. The molecule has 1 aliphatic heterocycles. The van der Waals surface area contributed by atoms with Crippen molar-refractivity contribution >= 4 is 34.0 Å². The van der Waals surface area contributed by atoms with Gasteiger partial charge in [-0.15, -0.1) is 12.4 Å². The third-order valence-corrected chi connectivity index (χ3v) is 5.93. The zero-order valence-electron chi connectivity index (χ0n) is 15.2. The molecule has 0 aliphatic carbocycles. The molecule has 1 amide bonds. The molecule has 28 heavy (non-hydrogen) atoms. The highest BCUT2D eigenvalue weighted by Crippen LogP contribution is 2.19. The minimum absolute atomic E-state index is 0. The molecule has 2 aromatic rings. The molecule has 0 saturated carbocycles. The van der Waals surface area contributed by atoms with Crippen LogP contribution in [0.4, 0.5) is 10.1 Å². The van der Waals surface area contributed by atoms with E-state index in [9.17, 15) is 17.6 Å². The maximum absolute atomic E-state index is 13.7. The van der Waals surface area contributed by atoms with Crippen molar-refractivity contribution in [3.8, 4) is 0 Å².